The van der Waals surface area contributed by atoms with Crippen LogP contribution >= 0.6 is 11.3 Å². The lowest BCUT2D eigenvalue weighted by atomic mass is 9.66. The molecule has 0 spiro atoms. The third-order valence-corrected chi connectivity index (χ3v) is 11.1. The fourth-order valence-corrected chi connectivity index (χ4v) is 8.93. The molecular formula is C47H32N2S. The lowest BCUT2D eigenvalue weighted by Gasteiger charge is -2.35. The number of rotatable bonds is 7. The zero-order valence-corrected chi connectivity index (χ0v) is 28.2. The summed E-state index contributed by atoms with van der Waals surface area (Å²) in [6, 6.07) is 54.0. The van der Waals surface area contributed by atoms with Crippen LogP contribution in [0.4, 0.5) is 0 Å². The molecule has 0 fully saturated rings. The van der Waals surface area contributed by atoms with Gasteiger partial charge in [0, 0.05) is 21.2 Å². The van der Waals surface area contributed by atoms with Crippen molar-refractivity contribution in [1.29, 1.82) is 0 Å². The van der Waals surface area contributed by atoms with E-state index in [9.17, 15) is 0 Å². The molecule has 2 heterocycles. The molecule has 50 heavy (non-hydrogen) atoms. The summed E-state index contributed by atoms with van der Waals surface area (Å²) in [6.07, 6.45) is 5.96. The summed E-state index contributed by atoms with van der Waals surface area (Å²) in [6.45, 7) is 8.39. The van der Waals surface area contributed by atoms with Gasteiger partial charge in [0.15, 0.2) is 5.82 Å². The molecule has 0 radical (unpaired) electrons. The van der Waals surface area contributed by atoms with E-state index in [4.69, 9.17) is 9.97 Å². The zero-order chi connectivity index (χ0) is 33.7. The molecule has 236 valence electrons. The Labute approximate surface area is 296 Å². The maximum atomic E-state index is 5.24. The predicted molar refractivity (Wildman–Crippen MR) is 211 cm³/mol. The minimum atomic E-state index is -0.546. The highest BCUT2D eigenvalue weighted by molar-refractivity contribution is 7.26. The Balaban J connectivity index is 1.23. The average molecular weight is 657 g/mol. The number of aromatic nitrogens is 2. The Hall–Kier alpha value is -6.16. The Bertz CT molecular complexity index is 2600. The van der Waals surface area contributed by atoms with Gasteiger partial charge in [-0.25, -0.2) is 9.97 Å². The van der Waals surface area contributed by atoms with E-state index in [1.54, 1.807) is 11.3 Å². The standard InChI is InChI=1S/C47H32N2S/c1-3-16-35(4-2)47(40-26-11-8-23-37(40)38-24-9-12-27-41(38)47)36-22-15-20-33(30-36)32-19-14-21-34(29-32)46-48-43(31-17-6-5-7-18-31)45-44(49-46)39-25-10-13-28-42(39)50-45/h3-30H,1-2H2/b35-16+. The van der Waals surface area contributed by atoms with Crippen LogP contribution in [0.5, 0.6) is 0 Å². The van der Waals surface area contributed by atoms with Gasteiger partial charge in [-0.15, -0.1) is 11.3 Å². The van der Waals surface area contributed by atoms with E-state index in [0.717, 1.165) is 54.9 Å². The molecule has 0 bridgehead atoms. The fraction of sp³-hybridized carbons (Fsp3) is 0.0213. The van der Waals surface area contributed by atoms with E-state index >= 15 is 0 Å². The van der Waals surface area contributed by atoms with Crippen LogP contribution in [0.25, 0.3) is 65.2 Å². The van der Waals surface area contributed by atoms with Crippen molar-refractivity contribution in [2.45, 2.75) is 5.41 Å². The molecule has 0 amide bonds. The molecule has 0 atom stereocenters. The van der Waals surface area contributed by atoms with Crippen molar-refractivity contribution < 1.29 is 0 Å². The Kier molecular flexibility index (Phi) is 7.22. The Morgan fingerprint density at radius 2 is 1.20 bits per heavy atom. The van der Waals surface area contributed by atoms with Crippen LogP contribution in [-0.4, -0.2) is 9.97 Å². The maximum Gasteiger partial charge on any atom is 0.160 e. The Morgan fingerprint density at radius 3 is 1.94 bits per heavy atom. The topological polar surface area (TPSA) is 25.8 Å². The van der Waals surface area contributed by atoms with Gasteiger partial charge in [0.05, 0.1) is 21.3 Å². The van der Waals surface area contributed by atoms with E-state index in [1.165, 1.54) is 32.5 Å². The number of nitrogens with zero attached hydrogens (tertiary/aromatic N) is 2. The molecule has 9 rings (SSSR count). The van der Waals surface area contributed by atoms with Gasteiger partial charge in [-0.05, 0) is 62.7 Å². The quantitative estimate of drug-likeness (QED) is 0.160. The van der Waals surface area contributed by atoms with Gasteiger partial charge in [0.1, 0.15) is 0 Å². The van der Waals surface area contributed by atoms with Crippen molar-refractivity contribution in [2.75, 3.05) is 0 Å². The highest BCUT2D eigenvalue weighted by atomic mass is 32.1. The highest BCUT2D eigenvalue weighted by Crippen LogP contribution is 2.56. The first kappa shape index (κ1) is 29.9. The molecule has 2 nitrogen and oxygen atoms in total. The van der Waals surface area contributed by atoms with E-state index in [-0.39, 0.29) is 0 Å². The molecular weight excluding hydrogens is 625 g/mol. The molecule has 6 aromatic carbocycles. The normalized spacial score (nSPS) is 13.2. The molecule has 0 saturated heterocycles. The second kappa shape index (κ2) is 12.1. The highest BCUT2D eigenvalue weighted by Gasteiger charge is 2.46. The molecule has 2 aromatic heterocycles. The lowest BCUT2D eigenvalue weighted by molar-refractivity contribution is 0.768. The van der Waals surface area contributed by atoms with E-state index in [0.29, 0.717) is 0 Å². The summed E-state index contributed by atoms with van der Waals surface area (Å²) in [7, 11) is 0. The van der Waals surface area contributed by atoms with Gasteiger partial charge >= 0.3 is 0 Å². The van der Waals surface area contributed by atoms with Crippen molar-refractivity contribution in [3.8, 4) is 44.9 Å². The third-order valence-electron chi connectivity index (χ3n) is 9.92. The monoisotopic (exact) mass is 656 g/mol. The third kappa shape index (κ3) is 4.55. The zero-order valence-electron chi connectivity index (χ0n) is 27.4. The minimum Gasteiger partial charge on any atom is -0.226 e. The summed E-state index contributed by atoms with van der Waals surface area (Å²) >= 11 is 1.76. The summed E-state index contributed by atoms with van der Waals surface area (Å²) < 4.78 is 2.32. The van der Waals surface area contributed by atoms with Gasteiger partial charge in [-0.2, -0.15) is 0 Å². The molecule has 3 heteroatoms. The average Bonchev–Trinajstić information content (AvgIpc) is 3.71. The first-order valence-corrected chi connectivity index (χ1v) is 17.6. The fourth-order valence-electron chi connectivity index (χ4n) is 7.78. The SMILES string of the molecule is C=C/C=C(\C=C)C1(c2cccc(-c3cccc(-c4nc(-c5ccccc5)c5sc6ccccc6c5n4)c3)c2)c2ccccc2-c2ccccc21. The molecule has 0 aliphatic heterocycles. The van der Waals surface area contributed by atoms with Crippen molar-refractivity contribution in [3.05, 3.63) is 205 Å². The second-order valence-electron chi connectivity index (χ2n) is 12.6. The smallest absolute Gasteiger partial charge is 0.160 e. The second-order valence-corrected chi connectivity index (χ2v) is 13.7. The summed E-state index contributed by atoms with van der Waals surface area (Å²) in [5.41, 5.74) is 13.0. The van der Waals surface area contributed by atoms with Gasteiger partial charge in [-0.3, -0.25) is 0 Å². The van der Waals surface area contributed by atoms with E-state index < -0.39 is 5.41 Å². The molecule has 8 aromatic rings. The lowest BCUT2D eigenvalue weighted by Crippen LogP contribution is -2.29. The summed E-state index contributed by atoms with van der Waals surface area (Å²) in [4.78, 5) is 10.5. The van der Waals surface area contributed by atoms with Gasteiger partial charge in [-0.1, -0.05) is 165 Å². The van der Waals surface area contributed by atoms with Crippen molar-refractivity contribution >= 4 is 31.6 Å². The van der Waals surface area contributed by atoms with E-state index in [1.807, 2.05) is 18.2 Å². The number of hydrogen-bond donors (Lipinski definition) is 0. The number of benzene rings is 6. The van der Waals surface area contributed by atoms with Gasteiger partial charge in [0.25, 0.3) is 0 Å². The molecule has 0 saturated carbocycles. The largest absolute Gasteiger partial charge is 0.226 e. The van der Waals surface area contributed by atoms with Crippen molar-refractivity contribution in [3.63, 3.8) is 0 Å². The molecule has 0 unspecified atom stereocenters. The van der Waals surface area contributed by atoms with Crippen molar-refractivity contribution in [1.82, 2.24) is 9.97 Å². The number of fused-ring (bicyclic) bond motifs is 6. The molecule has 1 aliphatic rings. The number of allylic oxidation sites excluding steroid dienone is 4. The molecule has 1 aliphatic carbocycles. The van der Waals surface area contributed by atoms with Gasteiger partial charge in [0.2, 0.25) is 0 Å². The van der Waals surface area contributed by atoms with Crippen LogP contribution in [0, 0.1) is 0 Å². The van der Waals surface area contributed by atoms with Crippen LogP contribution < -0.4 is 0 Å². The summed E-state index contributed by atoms with van der Waals surface area (Å²) in [5.74, 6) is 0.718. The maximum absolute atomic E-state index is 5.24. The summed E-state index contributed by atoms with van der Waals surface area (Å²) in [5, 5.41) is 1.16. The van der Waals surface area contributed by atoms with Gasteiger partial charge < -0.3 is 0 Å². The number of hydrogen-bond acceptors (Lipinski definition) is 3. The minimum absolute atomic E-state index is 0.546. The van der Waals surface area contributed by atoms with E-state index in [2.05, 4.69) is 165 Å². The van der Waals surface area contributed by atoms with Crippen LogP contribution in [-0.2, 0) is 5.41 Å². The van der Waals surface area contributed by atoms with Crippen LogP contribution in [0.3, 0.4) is 0 Å². The number of thiophene rings is 1. The van der Waals surface area contributed by atoms with Crippen LogP contribution in [0.2, 0.25) is 0 Å². The Morgan fingerprint density at radius 1 is 0.580 bits per heavy atom. The predicted octanol–water partition coefficient (Wildman–Crippen LogP) is 12.5. The van der Waals surface area contributed by atoms with Crippen LogP contribution in [0.15, 0.2) is 189 Å². The first-order chi connectivity index (χ1) is 24.7. The first-order valence-electron chi connectivity index (χ1n) is 16.8. The van der Waals surface area contributed by atoms with Crippen molar-refractivity contribution in [2.24, 2.45) is 0 Å². The van der Waals surface area contributed by atoms with Crippen LogP contribution in [0.1, 0.15) is 16.7 Å². The molecule has 0 N–H and O–H groups in total.